The van der Waals surface area contributed by atoms with E-state index in [0.29, 0.717) is 5.39 Å². The smallest absolute Gasteiger partial charge is 0.416 e. The van der Waals surface area contributed by atoms with Crippen molar-refractivity contribution in [2.75, 3.05) is 12.8 Å². The summed E-state index contributed by atoms with van der Waals surface area (Å²) in [5.74, 6) is -0.976. The van der Waals surface area contributed by atoms with Gasteiger partial charge in [-0.05, 0) is 30.3 Å². The Hall–Kier alpha value is -3.82. The number of pyridine rings is 1. The summed E-state index contributed by atoms with van der Waals surface area (Å²) < 4.78 is 47.3. The summed E-state index contributed by atoms with van der Waals surface area (Å²) in [5.41, 5.74) is 4.41. The van der Waals surface area contributed by atoms with Crippen molar-refractivity contribution in [3.63, 3.8) is 0 Å². The van der Waals surface area contributed by atoms with Gasteiger partial charge in [0.25, 0.3) is 5.56 Å². The van der Waals surface area contributed by atoms with Gasteiger partial charge in [-0.1, -0.05) is 6.07 Å². The second kappa shape index (κ2) is 6.61. The van der Waals surface area contributed by atoms with Crippen molar-refractivity contribution < 1.29 is 22.7 Å². The quantitative estimate of drug-likeness (QED) is 0.507. The molecular weight excluding hydrogens is 401 g/mol. The van der Waals surface area contributed by atoms with Crippen LogP contribution in [0.3, 0.4) is 0 Å². The fourth-order valence-electron chi connectivity index (χ4n) is 3.44. The molecule has 0 radical (unpaired) electrons. The molecule has 2 aromatic heterocycles. The Balaban J connectivity index is 2.15. The Labute approximate surface area is 167 Å². The Morgan fingerprint density at radius 3 is 2.53 bits per heavy atom. The molecule has 0 fully saturated rings. The molecule has 7 nitrogen and oxygen atoms in total. The van der Waals surface area contributed by atoms with E-state index in [-0.39, 0.29) is 22.3 Å². The minimum absolute atomic E-state index is 0.0804. The van der Waals surface area contributed by atoms with Crippen LogP contribution >= 0.6 is 0 Å². The van der Waals surface area contributed by atoms with Crippen molar-refractivity contribution in [1.29, 1.82) is 0 Å². The van der Waals surface area contributed by atoms with Crippen molar-refractivity contribution in [1.82, 2.24) is 14.3 Å². The van der Waals surface area contributed by atoms with Crippen LogP contribution in [0.1, 0.15) is 15.9 Å². The lowest BCUT2D eigenvalue weighted by molar-refractivity contribution is -0.137. The molecule has 0 atom stereocenters. The van der Waals surface area contributed by atoms with Crippen LogP contribution < -0.4 is 11.3 Å². The molecule has 0 aliphatic heterocycles. The van der Waals surface area contributed by atoms with E-state index in [4.69, 9.17) is 5.73 Å². The molecule has 10 heteroatoms. The minimum Gasteiger partial charge on any atom is -0.465 e. The predicted molar refractivity (Wildman–Crippen MR) is 105 cm³/mol. The normalized spacial score (nSPS) is 11.9. The lowest BCUT2D eigenvalue weighted by Gasteiger charge is -2.17. The zero-order chi connectivity index (χ0) is 21.8. The summed E-state index contributed by atoms with van der Waals surface area (Å²) >= 11 is 0. The molecular formula is C20H15F3N4O3. The van der Waals surface area contributed by atoms with Gasteiger partial charge in [0.1, 0.15) is 5.56 Å². The third kappa shape index (κ3) is 2.88. The van der Waals surface area contributed by atoms with Crippen LogP contribution in [0.15, 0.2) is 47.4 Å². The highest BCUT2D eigenvalue weighted by Crippen LogP contribution is 2.34. The maximum absolute atomic E-state index is 13.3. The topological polar surface area (TPSA) is 92.1 Å². The maximum Gasteiger partial charge on any atom is 0.416 e. The molecule has 0 bridgehead atoms. The van der Waals surface area contributed by atoms with E-state index in [1.54, 1.807) is 36.1 Å². The molecule has 30 heavy (non-hydrogen) atoms. The predicted octanol–water partition coefficient (Wildman–Crippen LogP) is 3.27. The number of rotatable bonds is 2. The van der Waals surface area contributed by atoms with Gasteiger partial charge in [-0.15, -0.1) is 0 Å². The van der Waals surface area contributed by atoms with Gasteiger partial charge in [-0.3, -0.25) is 14.0 Å². The number of carbonyl (C=O) groups excluding carboxylic acids is 1. The Bertz CT molecular complexity index is 1390. The number of alkyl halides is 3. The molecule has 0 amide bonds. The number of benzene rings is 2. The molecule has 2 heterocycles. The minimum atomic E-state index is -4.63. The molecule has 2 N–H and O–H groups in total. The first-order valence-corrected chi connectivity index (χ1v) is 8.69. The lowest BCUT2D eigenvalue weighted by Crippen LogP contribution is -2.28. The Kier molecular flexibility index (Phi) is 4.30. The second-order valence-corrected chi connectivity index (χ2v) is 6.66. The number of methoxy groups -OCH3 is 1. The Morgan fingerprint density at radius 2 is 1.87 bits per heavy atom. The van der Waals surface area contributed by atoms with Crippen LogP contribution in [0.4, 0.5) is 18.9 Å². The first-order chi connectivity index (χ1) is 14.1. The van der Waals surface area contributed by atoms with E-state index < -0.39 is 28.8 Å². The SMILES string of the molecule is COC(=O)c1c(N)c2ccc(C(F)(F)F)cc2n(-c2ccc3c(cnn3C)c2)c1=O. The summed E-state index contributed by atoms with van der Waals surface area (Å²) in [5, 5.41) is 4.91. The van der Waals surface area contributed by atoms with E-state index in [0.717, 1.165) is 35.4 Å². The van der Waals surface area contributed by atoms with Crippen molar-refractivity contribution in [3.05, 3.63) is 64.1 Å². The molecule has 2 aromatic carbocycles. The highest BCUT2D eigenvalue weighted by atomic mass is 19.4. The van der Waals surface area contributed by atoms with Crippen LogP contribution in [0.25, 0.3) is 27.5 Å². The maximum atomic E-state index is 13.3. The number of fused-ring (bicyclic) bond motifs is 2. The van der Waals surface area contributed by atoms with Gasteiger partial charge in [0.05, 0.1) is 41.3 Å². The molecule has 4 rings (SSSR count). The first kappa shape index (κ1) is 19.5. The molecule has 0 saturated carbocycles. The number of nitrogens with zero attached hydrogens (tertiary/aromatic N) is 3. The fourth-order valence-corrected chi connectivity index (χ4v) is 3.44. The van der Waals surface area contributed by atoms with Gasteiger partial charge in [0, 0.05) is 17.8 Å². The number of carbonyl (C=O) groups is 1. The first-order valence-electron chi connectivity index (χ1n) is 8.69. The van der Waals surface area contributed by atoms with E-state index in [2.05, 4.69) is 9.84 Å². The summed E-state index contributed by atoms with van der Waals surface area (Å²) in [6.45, 7) is 0. The molecule has 0 aliphatic carbocycles. The van der Waals surface area contributed by atoms with E-state index in [9.17, 15) is 22.8 Å². The highest BCUT2D eigenvalue weighted by Gasteiger charge is 2.32. The number of ether oxygens (including phenoxy) is 1. The largest absolute Gasteiger partial charge is 0.465 e. The average molecular weight is 416 g/mol. The molecule has 154 valence electrons. The van der Waals surface area contributed by atoms with Gasteiger partial charge >= 0.3 is 12.1 Å². The number of esters is 1. The number of aryl methyl sites for hydroxylation is 1. The van der Waals surface area contributed by atoms with Crippen LogP contribution in [-0.4, -0.2) is 27.4 Å². The van der Waals surface area contributed by atoms with Crippen molar-refractivity contribution >= 4 is 33.5 Å². The van der Waals surface area contributed by atoms with Gasteiger partial charge in [0.15, 0.2) is 0 Å². The van der Waals surface area contributed by atoms with Crippen molar-refractivity contribution in [3.8, 4) is 5.69 Å². The van der Waals surface area contributed by atoms with Gasteiger partial charge in [-0.25, -0.2) is 4.79 Å². The highest BCUT2D eigenvalue weighted by molar-refractivity contribution is 6.04. The van der Waals surface area contributed by atoms with E-state index in [1.807, 2.05) is 0 Å². The Morgan fingerprint density at radius 1 is 1.13 bits per heavy atom. The van der Waals surface area contributed by atoms with E-state index >= 15 is 0 Å². The van der Waals surface area contributed by atoms with Gasteiger partial charge < -0.3 is 10.5 Å². The van der Waals surface area contributed by atoms with Gasteiger partial charge in [0.2, 0.25) is 0 Å². The summed E-state index contributed by atoms with van der Waals surface area (Å²) in [6, 6.07) is 7.65. The number of nitrogen functional groups attached to an aromatic ring is 1. The number of anilines is 1. The number of aromatic nitrogens is 3. The van der Waals surface area contributed by atoms with Crippen LogP contribution in [-0.2, 0) is 18.0 Å². The molecule has 0 spiro atoms. The monoisotopic (exact) mass is 416 g/mol. The number of hydrogen-bond donors (Lipinski definition) is 1. The summed E-state index contributed by atoms with van der Waals surface area (Å²) in [7, 11) is 2.82. The zero-order valence-electron chi connectivity index (χ0n) is 15.8. The van der Waals surface area contributed by atoms with Crippen LogP contribution in [0, 0.1) is 0 Å². The van der Waals surface area contributed by atoms with Crippen LogP contribution in [0.2, 0.25) is 0 Å². The third-order valence-corrected chi connectivity index (χ3v) is 4.92. The van der Waals surface area contributed by atoms with Gasteiger partial charge in [-0.2, -0.15) is 18.3 Å². The lowest BCUT2D eigenvalue weighted by atomic mass is 10.0. The summed E-state index contributed by atoms with van der Waals surface area (Å²) in [6.07, 6.45) is -3.07. The van der Waals surface area contributed by atoms with E-state index in [1.165, 1.54) is 0 Å². The third-order valence-electron chi connectivity index (χ3n) is 4.92. The van der Waals surface area contributed by atoms with Crippen LogP contribution in [0.5, 0.6) is 0 Å². The molecule has 0 aliphatic rings. The number of nitrogens with two attached hydrogens (primary N) is 1. The fraction of sp³-hybridized carbons (Fsp3) is 0.150. The molecule has 0 unspecified atom stereocenters. The standard InChI is InChI=1S/C20H15F3N4O3/c1-26-14-6-4-12(7-10(14)9-25-26)27-15-8-11(20(21,22)23)3-5-13(15)17(24)16(18(27)28)19(29)30-2/h3-9H,24H2,1-2H3. The van der Waals surface area contributed by atoms with Crippen molar-refractivity contribution in [2.24, 2.45) is 7.05 Å². The molecule has 4 aromatic rings. The van der Waals surface area contributed by atoms with Crippen molar-refractivity contribution in [2.45, 2.75) is 6.18 Å². The average Bonchev–Trinajstić information content (AvgIpc) is 3.07. The number of halogens is 3. The number of hydrogen-bond acceptors (Lipinski definition) is 5. The zero-order valence-corrected chi connectivity index (χ0v) is 15.8. The second-order valence-electron chi connectivity index (χ2n) is 6.66. The molecule has 0 saturated heterocycles. The summed E-state index contributed by atoms with van der Waals surface area (Å²) in [4.78, 5) is 25.4.